The van der Waals surface area contributed by atoms with Gasteiger partial charge in [0, 0.05) is 6.21 Å². The molecule has 4 nitrogen and oxygen atoms in total. The van der Waals surface area contributed by atoms with Gasteiger partial charge in [0.15, 0.2) is 0 Å². The van der Waals surface area contributed by atoms with Gasteiger partial charge in [-0.25, -0.2) is 8.42 Å². The standard InChI is InChI=1S/C23H23NO3S/c1-17(2)19-11-9-18(10-12-19)16-24-22-15-21(13-14-23(22)27-3)28(25,26)20-7-5-4-6-8-20/h4-17H,1-3H3. The van der Waals surface area contributed by atoms with Gasteiger partial charge in [-0.15, -0.1) is 0 Å². The van der Waals surface area contributed by atoms with Crippen molar-refractivity contribution in [1.29, 1.82) is 0 Å². The van der Waals surface area contributed by atoms with Crippen LogP contribution in [0.15, 0.2) is 87.6 Å². The predicted octanol–water partition coefficient (Wildman–Crippen LogP) is 5.40. The first-order valence-corrected chi connectivity index (χ1v) is 10.5. The highest BCUT2D eigenvalue weighted by Crippen LogP contribution is 2.32. The van der Waals surface area contributed by atoms with Crippen molar-refractivity contribution in [2.24, 2.45) is 4.99 Å². The van der Waals surface area contributed by atoms with E-state index in [4.69, 9.17) is 4.74 Å². The zero-order valence-electron chi connectivity index (χ0n) is 16.2. The molecule has 0 saturated heterocycles. The third-order valence-electron chi connectivity index (χ3n) is 4.47. The summed E-state index contributed by atoms with van der Waals surface area (Å²) in [7, 11) is -2.08. The first-order chi connectivity index (χ1) is 13.4. The van der Waals surface area contributed by atoms with Crippen molar-refractivity contribution in [3.05, 3.63) is 83.9 Å². The van der Waals surface area contributed by atoms with Gasteiger partial charge in [0.2, 0.25) is 9.84 Å². The first-order valence-electron chi connectivity index (χ1n) is 9.04. The van der Waals surface area contributed by atoms with Crippen LogP contribution in [0.3, 0.4) is 0 Å². The van der Waals surface area contributed by atoms with Crippen LogP contribution in [0.4, 0.5) is 5.69 Å². The van der Waals surface area contributed by atoms with Gasteiger partial charge in [-0.3, -0.25) is 4.99 Å². The van der Waals surface area contributed by atoms with Crippen LogP contribution in [0.1, 0.15) is 30.9 Å². The van der Waals surface area contributed by atoms with E-state index in [1.165, 1.54) is 18.7 Å². The van der Waals surface area contributed by atoms with Crippen molar-refractivity contribution in [3.8, 4) is 5.75 Å². The van der Waals surface area contributed by atoms with E-state index in [0.29, 0.717) is 17.4 Å². The van der Waals surface area contributed by atoms with E-state index in [9.17, 15) is 8.42 Å². The Morgan fingerprint density at radius 3 is 2.18 bits per heavy atom. The fourth-order valence-electron chi connectivity index (χ4n) is 2.78. The fourth-order valence-corrected chi connectivity index (χ4v) is 4.09. The Hall–Kier alpha value is -2.92. The molecule has 0 saturated carbocycles. The van der Waals surface area contributed by atoms with Gasteiger partial charge in [-0.1, -0.05) is 56.3 Å². The molecule has 3 rings (SSSR count). The van der Waals surface area contributed by atoms with E-state index in [0.717, 1.165) is 5.56 Å². The zero-order valence-corrected chi connectivity index (χ0v) is 17.0. The number of ether oxygens (including phenoxy) is 1. The fraction of sp³-hybridized carbons (Fsp3) is 0.174. The van der Waals surface area contributed by atoms with Crippen molar-refractivity contribution >= 4 is 21.7 Å². The van der Waals surface area contributed by atoms with Gasteiger partial charge >= 0.3 is 0 Å². The molecule has 0 aliphatic carbocycles. The molecule has 0 unspecified atom stereocenters. The summed E-state index contributed by atoms with van der Waals surface area (Å²) in [5.74, 6) is 0.980. The van der Waals surface area contributed by atoms with Gasteiger partial charge in [0.1, 0.15) is 11.4 Å². The zero-order chi connectivity index (χ0) is 20.1. The van der Waals surface area contributed by atoms with Crippen molar-refractivity contribution in [2.75, 3.05) is 7.11 Å². The molecule has 0 aliphatic heterocycles. The lowest BCUT2D eigenvalue weighted by Crippen LogP contribution is -2.01. The Kier molecular flexibility index (Phi) is 5.95. The average molecular weight is 394 g/mol. The number of aliphatic imine (C=N–C) groups is 1. The summed E-state index contributed by atoms with van der Waals surface area (Å²) in [6.45, 7) is 4.29. The molecule has 3 aromatic rings. The van der Waals surface area contributed by atoms with E-state index in [1.54, 1.807) is 48.7 Å². The second-order valence-corrected chi connectivity index (χ2v) is 8.68. The summed E-state index contributed by atoms with van der Waals surface area (Å²) in [4.78, 5) is 4.91. The van der Waals surface area contributed by atoms with Gasteiger partial charge in [-0.05, 0) is 47.4 Å². The van der Waals surface area contributed by atoms with E-state index >= 15 is 0 Å². The highest BCUT2D eigenvalue weighted by atomic mass is 32.2. The topological polar surface area (TPSA) is 55.7 Å². The molecular formula is C23H23NO3S. The summed E-state index contributed by atoms with van der Waals surface area (Å²) in [5, 5.41) is 0. The van der Waals surface area contributed by atoms with Crippen molar-refractivity contribution < 1.29 is 13.2 Å². The Bertz CT molecular complexity index is 1070. The Morgan fingerprint density at radius 1 is 0.893 bits per heavy atom. The van der Waals surface area contributed by atoms with E-state index in [-0.39, 0.29) is 9.79 Å². The number of nitrogens with zero attached hydrogens (tertiary/aromatic N) is 1. The molecule has 0 spiro atoms. The van der Waals surface area contributed by atoms with Gasteiger partial charge in [0.25, 0.3) is 0 Å². The molecule has 0 bridgehead atoms. The molecular weight excluding hydrogens is 370 g/mol. The summed E-state index contributed by atoms with van der Waals surface area (Å²) >= 11 is 0. The number of hydrogen-bond acceptors (Lipinski definition) is 4. The maximum Gasteiger partial charge on any atom is 0.206 e. The highest BCUT2D eigenvalue weighted by Gasteiger charge is 2.19. The summed E-state index contributed by atoms with van der Waals surface area (Å²) in [6.07, 6.45) is 1.71. The van der Waals surface area contributed by atoms with Crippen LogP contribution in [0.5, 0.6) is 5.75 Å². The lowest BCUT2D eigenvalue weighted by Gasteiger charge is -2.09. The van der Waals surface area contributed by atoms with E-state index in [1.807, 2.05) is 12.1 Å². The molecule has 0 heterocycles. The molecule has 3 aromatic carbocycles. The third-order valence-corrected chi connectivity index (χ3v) is 6.24. The van der Waals surface area contributed by atoms with Crippen molar-refractivity contribution in [1.82, 2.24) is 0 Å². The van der Waals surface area contributed by atoms with Gasteiger partial charge in [0.05, 0.1) is 16.9 Å². The highest BCUT2D eigenvalue weighted by molar-refractivity contribution is 7.91. The summed E-state index contributed by atoms with van der Waals surface area (Å²) in [6, 6.07) is 21.2. The molecule has 0 radical (unpaired) electrons. The molecule has 0 aliphatic rings. The monoisotopic (exact) mass is 393 g/mol. The molecule has 144 valence electrons. The second kappa shape index (κ2) is 8.40. The van der Waals surface area contributed by atoms with Crippen LogP contribution in [0.2, 0.25) is 0 Å². The number of rotatable bonds is 6. The number of hydrogen-bond donors (Lipinski definition) is 0. The van der Waals surface area contributed by atoms with Crippen LogP contribution in [0.25, 0.3) is 0 Å². The normalized spacial score (nSPS) is 11.9. The van der Waals surface area contributed by atoms with Crippen molar-refractivity contribution in [2.45, 2.75) is 29.6 Å². The minimum atomic E-state index is -3.61. The first kappa shape index (κ1) is 19.8. The largest absolute Gasteiger partial charge is 0.494 e. The molecule has 0 fully saturated rings. The molecule has 0 atom stereocenters. The Balaban J connectivity index is 1.95. The lowest BCUT2D eigenvalue weighted by molar-refractivity contribution is 0.416. The van der Waals surface area contributed by atoms with Crippen LogP contribution < -0.4 is 4.74 Å². The number of methoxy groups -OCH3 is 1. The smallest absolute Gasteiger partial charge is 0.206 e. The summed E-state index contributed by atoms with van der Waals surface area (Å²) in [5.41, 5.74) is 2.65. The van der Waals surface area contributed by atoms with Gasteiger partial charge in [-0.2, -0.15) is 0 Å². The van der Waals surface area contributed by atoms with E-state index < -0.39 is 9.84 Å². The number of sulfone groups is 1. The predicted molar refractivity (Wildman–Crippen MR) is 113 cm³/mol. The molecule has 0 N–H and O–H groups in total. The number of benzene rings is 3. The minimum Gasteiger partial charge on any atom is -0.494 e. The maximum atomic E-state index is 12.9. The Morgan fingerprint density at radius 2 is 1.57 bits per heavy atom. The molecule has 5 heteroatoms. The van der Waals surface area contributed by atoms with E-state index in [2.05, 4.69) is 31.0 Å². The quantitative estimate of drug-likeness (QED) is 0.527. The van der Waals surface area contributed by atoms with Crippen LogP contribution in [-0.4, -0.2) is 21.7 Å². The molecule has 0 amide bonds. The third kappa shape index (κ3) is 4.31. The Labute approximate surface area is 166 Å². The lowest BCUT2D eigenvalue weighted by atomic mass is 10.0. The minimum absolute atomic E-state index is 0.182. The maximum absolute atomic E-state index is 12.9. The second-order valence-electron chi connectivity index (χ2n) is 6.73. The van der Waals surface area contributed by atoms with Crippen LogP contribution in [-0.2, 0) is 9.84 Å². The van der Waals surface area contributed by atoms with Gasteiger partial charge < -0.3 is 4.74 Å². The molecule has 0 aromatic heterocycles. The SMILES string of the molecule is COc1ccc(S(=O)(=O)c2ccccc2)cc1N=Cc1ccc(C(C)C)cc1. The summed E-state index contributed by atoms with van der Waals surface area (Å²) < 4.78 is 31.1. The molecule has 28 heavy (non-hydrogen) atoms. The average Bonchev–Trinajstić information content (AvgIpc) is 2.73. The van der Waals surface area contributed by atoms with Crippen molar-refractivity contribution in [3.63, 3.8) is 0 Å². The van der Waals surface area contributed by atoms with Crippen LogP contribution in [0, 0.1) is 0 Å². The van der Waals surface area contributed by atoms with Crippen LogP contribution >= 0.6 is 0 Å².